The van der Waals surface area contributed by atoms with Gasteiger partial charge in [0, 0.05) is 13.1 Å². The third kappa shape index (κ3) is 3.24. The summed E-state index contributed by atoms with van der Waals surface area (Å²) in [6.45, 7) is 2.20. The zero-order valence-corrected chi connectivity index (χ0v) is 12.5. The van der Waals surface area contributed by atoms with E-state index in [1.807, 2.05) is 17.7 Å². The molecule has 0 unspecified atom stereocenters. The quantitative estimate of drug-likeness (QED) is 0.888. The van der Waals surface area contributed by atoms with E-state index >= 15 is 0 Å². The fourth-order valence-electron chi connectivity index (χ4n) is 1.70. The molecule has 0 bridgehead atoms. The number of aryl methyl sites for hydroxylation is 1. The maximum absolute atomic E-state index is 13.7. The molecule has 0 fully saturated rings. The number of hydrogen-bond acceptors (Lipinski definition) is 4. The van der Waals surface area contributed by atoms with Crippen molar-refractivity contribution >= 4 is 21.4 Å². The number of benzene rings is 1. The van der Waals surface area contributed by atoms with Gasteiger partial charge in [0.2, 0.25) is 10.0 Å². The topological polar surface area (TPSA) is 72.2 Å². The molecule has 0 spiro atoms. The third-order valence-electron chi connectivity index (χ3n) is 2.94. The highest BCUT2D eigenvalue weighted by Crippen LogP contribution is 2.18. The summed E-state index contributed by atoms with van der Waals surface area (Å²) in [5, 5.41) is 3.80. The van der Waals surface area contributed by atoms with Gasteiger partial charge in [-0.2, -0.15) is 11.3 Å². The van der Waals surface area contributed by atoms with Crippen molar-refractivity contribution in [3.05, 3.63) is 51.5 Å². The van der Waals surface area contributed by atoms with Crippen molar-refractivity contribution in [1.29, 1.82) is 0 Å². The fraction of sp³-hybridized carbons (Fsp3) is 0.231. The zero-order chi connectivity index (χ0) is 14.8. The van der Waals surface area contributed by atoms with Gasteiger partial charge in [0.25, 0.3) is 0 Å². The Morgan fingerprint density at radius 3 is 2.70 bits per heavy atom. The van der Waals surface area contributed by atoms with Gasteiger partial charge in [-0.05, 0) is 46.5 Å². The smallest absolute Gasteiger partial charge is 0.243 e. The van der Waals surface area contributed by atoms with Gasteiger partial charge in [-0.1, -0.05) is 6.07 Å². The zero-order valence-electron chi connectivity index (χ0n) is 10.9. The molecule has 0 atom stereocenters. The molecule has 3 N–H and O–H groups in total. The van der Waals surface area contributed by atoms with E-state index in [4.69, 9.17) is 5.73 Å². The van der Waals surface area contributed by atoms with E-state index in [0.29, 0.717) is 5.56 Å². The van der Waals surface area contributed by atoms with Crippen LogP contribution in [0.25, 0.3) is 0 Å². The van der Waals surface area contributed by atoms with E-state index in [-0.39, 0.29) is 18.0 Å². The number of sulfonamides is 1. The third-order valence-corrected chi connectivity index (χ3v) is 5.26. The molecule has 1 aromatic carbocycles. The lowest BCUT2D eigenvalue weighted by atomic mass is 10.2. The summed E-state index contributed by atoms with van der Waals surface area (Å²) in [5.74, 6) is -0.781. The number of nitrogens with one attached hydrogen (secondary N) is 1. The van der Waals surface area contributed by atoms with E-state index < -0.39 is 15.8 Å². The Hall–Kier alpha value is -1.28. The van der Waals surface area contributed by atoms with Crippen LogP contribution in [0.2, 0.25) is 0 Å². The molecule has 1 aromatic heterocycles. The second-order valence-electron chi connectivity index (χ2n) is 4.37. The molecular formula is C13H15FN2O2S2. The Balaban J connectivity index is 2.24. The van der Waals surface area contributed by atoms with Crippen molar-refractivity contribution in [3.8, 4) is 0 Å². The molecule has 0 amide bonds. The maximum atomic E-state index is 13.7. The van der Waals surface area contributed by atoms with Crippen LogP contribution in [-0.2, 0) is 23.1 Å². The van der Waals surface area contributed by atoms with Crippen LogP contribution in [0.15, 0.2) is 33.9 Å². The van der Waals surface area contributed by atoms with Crippen molar-refractivity contribution < 1.29 is 12.8 Å². The molecule has 0 aliphatic carbocycles. The SMILES string of the molecule is Cc1cscc1CNS(=O)(=O)c1cc(CN)ccc1F. The summed E-state index contributed by atoms with van der Waals surface area (Å²) in [5.41, 5.74) is 7.91. The Kier molecular flexibility index (Phi) is 4.54. The van der Waals surface area contributed by atoms with Gasteiger partial charge in [0.1, 0.15) is 10.7 Å². The summed E-state index contributed by atoms with van der Waals surface area (Å²) in [6, 6.07) is 3.85. The van der Waals surface area contributed by atoms with Gasteiger partial charge in [-0.15, -0.1) is 0 Å². The van der Waals surface area contributed by atoms with Crippen molar-refractivity contribution in [2.24, 2.45) is 5.73 Å². The summed E-state index contributed by atoms with van der Waals surface area (Å²) in [6.07, 6.45) is 0. The number of nitrogens with two attached hydrogens (primary N) is 1. The second-order valence-corrected chi connectivity index (χ2v) is 6.85. The molecule has 2 rings (SSSR count). The van der Waals surface area contributed by atoms with Crippen molar-refractivity contribution in [2.45, 2.75) is 24.9 Å². The van der Waals surface area contributed by atoms with Gasteiger partial charge in [0.15, 0.2) is 0 Å². The van der Waals surface area contributed by atoms with Gasteiger partial charge >= 0.3 is 0 Å². The Bertz CT molecular complexity index is 711. The van der Waals surface area contributed by atoms with E-state index in [2.05, 4.69) is 4.72 Å². The van der Waals surface area contributed by atoms with E-state index in [9.17, 15) is 12.8 Å². The normalized spacial score (nSPS) is 11.8. The summed E-state index contributed by atoms with van der Waals surface area (Å²) >= 11 is 1.50. The lowest BCUT2D eigenvalue weighted by Crippen LogP contribution is -2.24. The molecule has 1 heterocycles. The highest BCUT2D eigenvalue weighted by molar-refractivity contribution is 7.89. The van der Waals surface area contributed by atoms with Crippen molar-refractivity contribution in [3.63, 3.8) is 0 Å². The summed E-state index contributed by atoms with van der Waals surface area (Å²) in [7, 11) is -3.89. The van der Waals surface area contributed by atoms with Crippen molar-refractivity contribution in [1.82, 2.24) is 4.72 Å². The predicted molar refractivity (Wildman–Crippen MR) is 77.4 cm³/mol. The van der Waals surface area contributed by atoms with Crippen LogP contribution in [0.1, 0.15) is 16.7 Å². The van der Waals surface area contributed by atoms with E-state index in [1.54, 1.807) is 0 Å². The minimum Gasteiger partial charge on any atom is -0.326 e. The lowest BCUT2D eigenvalue weighted by molar-refractivity contribution is 0.556. The van der Waals surface area contributed by atoms with Crippen LogP contribution in [0.3, 0.4) is 0 Å². The largest absolute Gasteiger partial charge is 0.326 e. The van der Waals surface area contributed by atoms with Crippen LogP contribution in [0.4, 0.5) is 4.39 Å². The van der Waals surface area contributed by atoms with E-state index in [1.165, 1.54) is 23.5 Å². The molecular weight excluding hydrogens is 299 g/mol. The molecule has 0 saturated carbocycles. The van der Waals surface area contributed by atoms with Gasteiger partial charge in [-0.25, -0.2) is 17.5 Å². The minimum atomic E-state index is -3.89. The first-order chi connectivity index (χ1) is 9.44. The second kappa shape index (κ2) is 6.01. The Morgan fingerprint density at radius 1 is 1.35 bits per heavy atom. The van der Waals surface area contributed by atoms with E-state index in [0.717, 1.165) is 17.2 Å². The van der Waals surface area contributed by atoms with Crippen LogP contribution in [0.5, 0.6) is 0 Å². The van der Waals surface area contributed by atoms with Gasteiger partial charge < -0.3 is 5.73 Å². The molecule has 0 saturated heterocycles. The van der Waals surface area contributed by atoms with Gasteiger partial charge in [-0.3, -0.25) is 0 Å². The lowest BCUT2D eigenvalue weighted by Gasteiger charge is -2.09. The monoisotopic (exact) mass is 314 g/mol. The van der Waals surface area contributed by atoms with Crippen LogP contribution >= 0.6 is 11.3 Å². The highest BCUT2D eigenvalue weighted by atomic mass is 32.2. The maximum Gasteiger partial charge on any atom is 0.243 e. The average molecular weight is 314 g/mol. The standard InChI is InChI=1S/C13H15FN2O2S2/c1-9-7-19-8-11(9)6-16-20(17,18)13-4-10(5-15)2-3-12(13)14/h2-4,7-8,16H,5-6,15H2,1H3. The highest BCUT2D eigenvalue weighted by Gasteiger charge is 2.19. The number of thiophene rings is 1. The first kappa shape index (κ1) is 15.1. The molecule has 4 nitrogen and oxygen atoms in total. The molecule has 7 heteroatoms. The predicted octanol–water partition coefficient (Wildman–Crippen LogP) is 2.13. The number of halogens is 1. The number of hydrogen-bond donors (Lipinski definition) is 2. The minimum absolute atomic E-state index is 0.143. The molecule has 0 aliphatic heterocycles. The van der Waals surface area contributed by atoms with Crippen LogP contribution in [-0.4, -0.2) is 8.42 Å². The Morgan fingerprint density at radius 2 is 2.10 bits per heavy atom. The molecule has 0 radical (unpaired) electrons. The van der Waals surface area contributed by atoms with Crippen molar-refractivity contribution in [2.75, 3.05) is 0 Å². The van der Waals surface area contributed by atoms with Gasteiger partial charge in [0.05, 0.1) is 0 Å². The van der Waals surface area contributed by atoms with Crippen LogP contribution in [0, 0.1) is 12.7 Å². The first-order valence-corrected chi connectivity index (χ1v) is 8.36. The Labute approximate surface area is 121 Å². The summed E-state index contributed by atoms with van der Waals surface area (Å²) < 4.78 is 40.4. The van der Waals surface area contributed by atoms with Crippen LogP contribution < -0.4 is 10.5 Å². The molecule has 2 aromatic rings. The molecule has 108 valence electrons. The molecule has 0 aliphatic rings. The molecule has 20 heavy (non-hydrogen) atoms. The number of rotatable bonds is 5. The average Bonchev–Trinajstić information content (AvgIpc) is 2.82. The fourth-order valence-corrected chi connectivity index (χ4v) is 3.69. The first-order valence-electron chi connectivity index (χ1n) is 5.94. The summed E-state index contributed by atoms with van der Waals surface area (Å²) in [4.78, 5) is -0.367.